The number of nitrogens with one attached hydrogen (secondary N) is 1. The fourth-order valence-electron chi connectivity index (χ4n) is 3.81. The van der Waals surface area contributed by atoms with Crippen molar-refractivity contribution in [3.05, 3.63) is 77.9 Å². The molecule has 0 aliphatic carbocycles. The van der Waals surface area contributed by atoms with E-state index in [9.17, 15) is 9.18 Å². The number of aromatic nitrogens is 1. The second-order valence-corrected chi connectivity index (χ2v) is 8.39. The molecule has 9 heteroatoms. The van der Waals surface area contributed by atoms with Crippen LogP contribution in [-0.4, -0.2) is 22.7 Å². The van der Waals surface area contributed by atoms with Crippen LogP contribution in [0.5, 0.6) is 0 Å². The minimum Gasteiger partial charge on any atom is -0.375 e. The van der Waals surface area contributed by atoms with Crippen LogP contribution in [0, 0.1) is 11.6 Å². The van der Waals surface area contributed by atoms with E-state index in [1.807, 2.05) is 30.3 Å². The molecule has 1 atom stereocenters. The van der Waals surface area contributed by atoms with Gasteiger partial charge in [-0.05, 0) is 35.4 Å². The zero-order valence-electron chi connectivity index (χ0n) is 16.7. The number of nitrogens with two attached hydrogens (primary N) is 1. The fraction of sp³-hybridized carbons (Fsp3) is 0.130. The summed E-state index contributed by atoms with van der Waals surface area (Å²) in [4.78, 5) is 22.5. The molecule has 1 aliphatic rings. The van der Waals surface area contributed by atoms with Crippen LogP contribution in [0.3, 0.4) is 0 Å². The van der Waals surface area contributed by atoms with Gasteiger partial charge in [-0.3, -0.25) is 4.84 Å². The predicted molar refractivity (Wildman–Crippen MR) is 120 cm³/mol. The molecule has 2 heterocycles. The minimum absolute atomic E-state index is 0.150. The molecule has 1 fully saturated rings. The third kappa shape index (κ3) is 3.65. The number of rotatable bonds is 3. The number of halogens is 2. The lowest BCUT2D eigenvalue weighted by molar-refractivity contribution is -0.0830. The van der Waals surface area contributed by atoms with Crippen molar-refractivity contribution in [3.8, 4) is 11.1 Å². The van der Waals surface area contributed by atoms with Crippen molar-refractivity contribution in [2.75, 3.05) is 17.7 Å². The van der Waals surface area contributed by atoms with Gasteiger partial charge in [-0.2, -0.15) is 5.06 Å². The van der Waals surface area contributed by atoms with Crippen LogP contribution < -0.4 is 11.1 Å². The molecule has 6 nitrogen and oxygen atoms in total. The highest BCUT2D eigenvalue weighted by molar-refractivity contribution is 7.22. The zero-order valence-corrected chi connectivity index (χ0v) is 17.5. The van der Waals surface area contributed by atoms with Gasteiger partial charge in [0.25, 0.3) is 0 Å². The van der Waals surface area contributed by atoms with Gasteiger partial charge in [0.05, 0.1) is 22.9 Å². The van der Waals surface area contributed by atoms with E-state index in [4.69, 9.17) is 10.6 Å². The van der Waals surface area contributed by atoms with Crippen molar-refractivity contribution in [2.45, 2.75) is 12.5 Å². The van der Waals surface area contributed by atoms with Gasteiger partial charge in [0.2, 0.25) is 0 Å². The molecule has 3 N–H and O–H groups in total. The molecule has 1 unspecified atom stereocenters. The molecule has 0 spiro atoms. The van der Waals surface area contributed by atoms with Crippen molar-refractivity contribution in [1.82, 2.24) is 10.0 Å². The van der Waals surface area contributed by atoms with Crippen molar-refractivity contribution in [1.29, 1.82) is 0 Å². The monoisotopic (exact) mass is 452 g/mol. The first-order valence-electron chi connectivity index (χ1n) is 9.94. The van der Waals surface area contributed by atoms with Gasteiger partial charge >= 0.3 is 6.03 Å². The highest BCUT2D eigenvalue weighted by atomic mass is 32.1. The Kier molecular flexibility index (Phi) is 5.20. The van der Waals surface area contributed by atoms with E-state index in [-0.39, 0.29) is 11.6 Å². The maximum absolute atomic E-state index is 15.3. The SMILES string of the molecule is Nc1nc2ccc(-c3ccc(F)c(NC(=O)N4OCCC4c4ccccc4)c3F)cc2s1. The zero-order chi connectivity index (χ0) is 22.2. The Hall–Kier alpha value is -3.56. The number of nitrogen functional groups attached to an aromatic ring is 1. The molecule has 1 aliphatic heterocycles. The van der Waals surface area contributed by atoms with Gasteiger partial charge in [0, 0.05) is 12.0 Å². The standard InChI is InChI=1S/C23H18F2N4O2S/c24-16-8-7-15(14-6-9-17-19(12-14)32-22(26)27-17)20(25)21(16)28-23(30)29-18(10-11-31-29)13-4-2-1-3-5-13/h1-9,12,18H,10-11H2,(H2,26,27)(H,28,30). The first-order chi connectivity index (χ1) is 15.5. The largest absolute Gasteiger partial charge is 0.375 e. The Morgan fingerprint density at radius 3 is 2.78 bits per heavy atom. The molecule has 32 heavy (non-hydrogen) atoms. The van der Waals surface area contributed by atoms with Crippen molar-refractivity contribution < 1.29 is 18.4 Å². The first-order valence-corrected chi connectivity index (χ1v) is 10.8. The van der Waals surface area contributed by atoms with Gasteiger partial charge in [-0.25, -0.2) is 18.6 Å². The Morgan fingerprint density at radius 2 is 1.97 bits per heavy atom. The van der Waals surface area contributed by atoms with Gasteiger partial charge in [-0.15, -0.1) is 0 Å². The summed E-state index contributed by atoms with van der Waals surface area (Å²) in [5, 5.41) is 3.89. The van der Waals surface area contributed by atoms with Gasteiger partial charge in [-0.1, -0.05) is 47.7 Å². The summed E-state index contributed by atoms with van der Waals surface area (Å²) in [6.45, 7) is 0.329. The fourth-order valence-corrected chi connectivity index (χ4v) is 4.58. The number of thiazole rings is 1. The summed E-state index contributed by atoms with van der Waals surface area (Å²) < 4.78 is 30.7. The van der Waals surface area contributed by atoms with E-state index >= 15 is 4.39 Å². The van der Waals surface area contributed by atoms with Crippen LogP contribution in [0.15, 0.2) is 60.7 Å². The lowest BCUT2D eigenvalue weighted by atomic mass is 10.0. The highest BCUT2D eigenvalue weighted by Crippen LogP contribution is 2.35. The maximum Gasteiger partial charge on any atom is 0.346 e. The third-order valence-corrected chi connectivity index (χ3v) is 6.18. The second kappa shape index (κ2) is 8.18. The number of carbonyl (C=O) groups excluding carboxylic acids is 1. The molecule has 0 bridgehead atoms. The van der Waals surface area contributed by atoms with Crippen LogP contribution in [0.25, 0.3) is 21.3 Å². The minimum atomic E-state index is -0.877. The molecule has 3 aromatic carbocycles. The van der Waals surface area contributed by atoms with Gasteiger partial charge in [0.1, 0.15) is 11.5 Å². The predicted octanol–water partition coefficient (Wildman–Crippen LogP) is 5.73. The summed E-state index contributed by atoms with van der Waals surface area (Å²) in [6.07, 6.45) is 0.584. The smallest absolute Gasteiger partial charge is 0.346 e. The number of hydroxylamine groups is 2. The number of urea groups is 1. The second-order valence-electron chi connectivity index (χ2n) is 7.32. The Morgan fingerprint density at radius 1 is 1.16 bits per heavy atom. The molecular formula is C23H18F2N4O2S. The number of hydrogen-bond donors (Lipinski definition) is 2. The van der Waals surface area contributed by atoms with Crippen molar-refractivity contribution in [2.24, 2.45) is 0 Å². The van der Waals surface area contributed by atoms with Crippen molar-refractivity contribution in [3.63, 3.8) is 0 Å². The van der Waals surface area contributed by atoms with Crippen LogP contribution in [0.1, 0.15) is 18.0 Å². The van der Waals surface area contributed by atoms with E-state index in [1.165, 1.54) is 17.4 Å². The van der Waals surface area contributed by atoms with Gasteiger partial charge < -0.3 is 11.1 Å². The van der Waals surface area contributed by atoms with Crippen LogP contribution >= 0.6 is 11.3 Å². The average molecular weight is 452 g/mol. The molecule has 5 rings (SSSR count). The number of hydrogen-bond acceptors (Lipinski definition) is 5. The summed E-state index contributed by atoms with van der Waals surface area (Å²) in [5.74, 6) is -1.75. The third-order valence-electron chi connectivity index (χ3n) is 5.33. The number of benzene rings is 3. The molecular weight excluding hydrogens is 434 g/mol. The van der Waals surface area contributed by atoms with E-state index in [0.717, 1.165) is 21.4 Å². The van der Waals surface area contributed by atoms with E-state index in [1.54, 1.807) is 18.2 Å². The normalized spacial score (nSPS) is 15.9. The Labute approximate surface area is 186 Å². The quantitative estimate of drug-likeness (QED) is 0.416. The number of anilines is 2. The molecule has 1 aromatic heterocycles. The molecule has 4 aromatic rings. The number of fused-ring (bicyclic) bond motifs is 1. The molecule has 0 saturated carbocycles. The summed E-state index contributed by atoms with van der Waals surface area (Å²) in [5.41, 5.74) is 7.47. The van der Waals surface area contributed by atoms with Crippen LogP contribution in [0.4, 0.5) is 24.4 Å². The Balaban J connectivity index is 1.45. The molecule has 162 valence electrons. The van der Waals surface area contributed by atoms with Crippen LogP contribution in [0.2, 0.25) is 0 Å². The summed E-state index contributed by atoms with van der Waals surface area (Å²) in [7, 11) is 0. The first kappa shape index (κ1) is 20.3. The summed E-state index contributed by atoms with van der Waals surface area (Å²) >= 11 is 1.28. The Bertz CT molecular complexity index is 1310. The lowest BCUT2D eigenvalue weighted by Gasteiger charge is -2.23. The van der Waals surface area contributed by atoms with E-state index < -0.39 is 23.4 Å². The topological polar surface area (TPSA) is 80.5 Å². The highest BCUT2D eigenvalue weighted by Gasteiger charge is 2.32. The number of amides is 2. The number of carbonyl (C=O) groups is 1. The molecule has 1 saturated heterocycles. The van der Waals surface area contributed by atoms with Crippen molar-refractivity contribution >= 4 is 38.4 Å². The van der Waals surface area contributed by atoms with Gasteiger partial charge in [0.15, 0.2) is 10.9 Å². The molecule has 0 radical (unpaired) electrons. The van der Waals surface area contributed by atoms with Crippen LogP contribution in [-0.2, 0) is 4.84 Å². The van der Waals surface area contributed by atoms with E-state index in [0.29, 0.717) is 29.2 Å². The summed E-state index contributed by atoms with van der Waals surface area (Å²) in [6, 6.07) is 15.9. The average Bonchev–Trinajstić information content (AvgIpc) is 3.42. The maximum atomic E-state index is 15.3. The molecule has 2 amide bonds. The lowest BCUT2D eigenvalue weighted by Crippen LogP contribution is -2.34. The van der Waals surface area contributed by atoms with E-state index in [2.05, 4.69) is 10.3 Å². The number of nitrogens with zero attached hydrogens (tertiary/aromatic N) is 2.